The lowest BCUT2D eigenvalue weighted by Crippen LogP contribution is -2.65. The molecule has 1 aromatic rings. The summed E-state index contributed by atoms with van der Waals surface area (Å²) in [6.45, 7) is 7.21. The monoisotopic (exact) mass is 294 g/mol. The highest BCUT2D eigenvalue weighted by atomic mass is 32.1. The molecule has 2 atom stereocenters. The third-order valence-corrected chi connectivity index (χ3v) is 4.26. The molecule has 20 heavy (non-hydrogen) atoms. The lowest BCUT2D eigenvalue weighted by molar-refractivity contribution is -0.0722. The van der Waals surface area contributed by atoms with Crippen molar-refractivity contribution in [2.45, 2.75) is 39.0 Å². The maximum Gasteiger partial charge on any atom is 0.184 e. The van der Waals surface area contributed by atoms with Crippen molar-refractivity contribution in [3.8, 4) is 5.75 Å². The van der Waals surface area contributed by atoms with Gasteiger partial charge < -0.3 is 15.0 Å². The van der Waals surface area contributed by atoms with Crippen LogP contribution in [0.3, 0.4) is 0 Å². The smallest absolute Gasteiger partial charge is 0.184 e. The molecule has 2 heterocycles. The van der Waals surface area contributed by atoms with Gasteiger partial charge in [0.25, 0.3) is 0 Å². The first kappa shape index (κ1) is 13.6. The van der Waals surface area contributed by atoms with E-state index in [9.17, 15) is 4.39 Å². The van der Waals surface area contributed by atoms with E-state index in [1.807, 2.05) is 0 Å². The third-order valence-electron chi connectivity index (χ3n) is 3.92. The van der Waals surface area contributed by atoms with Gasteiger partial charge in [0.1, 0.15) is 11.6 Å². The number of nitrogens with one attached hydrogen (secondary N) is 1. The van der Waals surface area contributed by atoms with Gasteiger partial charge in [-0.3, -0.25) is 0 Å². The Morgan fingerprint density at radius 2 is 2.30 bits per heavy atom. The van der Waals surface area contributed by atoms with Gasteiger partial charge in [-0.1, -0.05) is 13.8 Å². The highest BCUT2D eigenvalue weighted by Crippen LogP contribution is 2.44. The zero-order chi connectivity index (χ0) is 14.5. The van der Waals surface area contributed by atoms with Crippen molar-refractivity contribution in [1.82, 2.24) is 10.2 Å². The Bertz CT molecular complexity index is 563. The molecule has 3 nitrogen and oxygen atoms in total. The number of ether oxygens (including phenoxy) is 1. The molecule has 2 aliphatic heterocycles. The van der Waals surface area contributed by atoms with Crippen molar-refractivity contribution in [3.63, 3.8) is 0 Å². The number of hydrogen-bond acceptors (Lipinski definition) is 2. The van der Waals surface area contributed by atoms with Gasteiger partial charge in [-0.05, 0) is 43.3 Å². The Morgan fingerprint density at radius 1 is 1.55 bits per heavy atom. The predicted octanol–water partition coefficient (Wildman–Crippen LogP) is 3.21. The first-order valence-electron chi connectivity index (χ1n) is 6.95. The molecule has 2 unspecified atom stereocenters. The van der Waals surface area contributed by atoms with E-state index in [-0.39, 0.29) is 11.9 Å². The molecule has 5 heteroatoms. The fraction of sp³-hybridized carbons (Fsp3) is 0.533. The Labute approximate surface area is 124 Å². The van der Waals surface area contributed by atoms with E-state index >= 15 is 0 Å². The number of halogens is 1. The molecule has 1 fully saturated rings. The van der Waals surface area contributed by atoms with E-state index < -0.39 is 5.72 Å². The van der Waals surface area contributed by atoms with Crippen molar-refractivity contribution in [2.75, 3.05) is 6.54 Å². The van der Waals surface area contributed by atoms with Gasteiger partial charge in [-0.2, -0.15) is 0 Å². The lowest BCUT2D eigenvalue weighted by Gasteiger charge is -2.52. The first-order chi connectivity index (χ1) is 9.39. The summed E-state index contributed by atoms with van der Waals surface area (Å²) in [5.74, 6) is 0.989. The van der Waals surface area contributed by atoms with Crippen LogP contribution in [0.5, 0.6) is 5.75 Å². The van der Waals surface area contributed by atoms with E-state index in [2.05, 4.69) is 31.0 Å². The van der Waals surface area contributed by atoms with Gasteiger partial charge in [-0.25, -0.2) is 4.39 Å². The van der Waals surface area contributed by atoms with E-state index in [1.54, 1.807) is 6.07 Å². The summed E-state index contributed by atoms with van der Waals surface area (Å²) in [6.07, 6.45) is 0.760. The molecule has 108 valence electrons. The number of fused-ring (bicyclic) bond motifs is 4. The zero-order valence-corrected chi connectivity index (χ0v) is 12.8. The molecule has 0 amide bonds. The number of hydrogen-bond donors (Lipinski definition) is 1. The Balaban J connectivity index is 2.00. The van der Waals surface area contributed by atoms with Crippen LogP contribution >= 0.6 is 12.2 Å². The molecule has 0 radical (unpaired) electrons. The van der Waals surface area contributed by atoms with Crippen LogP contribution in [0.25, 0.3) is 0 Å². The van der Waals surface area contributed by atoms with Crippen LogP contribution < -0.4 is 10.1 Å². The van der Waals surface area contributed by atoms with Gasteiger partial charge in [-0.15, -0.1) is 0 Å². The van der Waals surface area contributed by atoms with Crippen LogP contribution in [-0.2, 0) is 0 Å². The van der Waals surface area contributed by atoms with Gasteiger partial charge in [0.05, 0.1) is 6.04 Å². The molecule has 2 bridgehead atoms. The average Bonchev–Trinajstić information content (AvgIpc) is 2.35. The first-order valence-corrected chi connectivity index (χ1v) is 7.36. The molecule has 0 spiro atoms. The number of rotatable bonds is 2. The van der Waals surface area contributed by atoms with E-state index in [0.29, 0.717) is 11.0 Å². The molecular weight excluding hydrogens is 275 g/mol. The summed E-state index contributed by atoms with van der Waals surface area (Å²) in [5, 5.41) is 4.01. The molecule has 0 saturated carbocycles. The zero-order valence-electron chi connectivity index (χ0n) is 11.9. The van der Waals surface area contributed by atoms with Crippen LogP contribution in [-0.4, -0.2) is 22.3 Å². The average molecular weight is 294 g/mol. The van der Waals surface area contributed by atoms with Gasteiger partial charge >= 0.3 is 0 Å². The number of benzene rings is 1. The Hall–Kier alpha value is -1.36. The SMILES string of the molecule is CC(C)CN1C(=S)NC2CC1(C)Oc1ccc(F)cc12. The van der Waals surface area contributed by atoms with Crippen LogP contribution in [0.4, 0.5) is 4.39 Å². The lowest BCUT2D eigenvalue weighted by atomic mass is 9.90. The highest BCUT2D eigenvalue weighted by molar-refractivity contribution is 7.80. The summed E-state index contributed by atoms with van der Waals surface area (Å²) in [7, 11) is 0. The van der Waals surface area contributed by atoms with Crippen molar-refractivity contribution in [1.29, 1.82) is 0 Å². The quantitative estimate of drug-likeness (QED) is 0.847. The second-order valence-electron chi connectivity index (χ2n) is 6.17. The minimum atomic E-state index is -0.456. The molecule has 0 aromatic heterocycles. The molecule has 3 rings (SSSR count). The Morgan fingerprint density at radius 3 is 3.00 bits per heavy atom. The third kappa shape index (κ3) is 2.14. The van der Waals surface area contributed by atoms with Gasteiger partial charge in [0, 0.05) is 18.5 Å². The summed E-state index contributed by atoms with van der Waals surface area (Å²) >= 11 is 5.47. The summed E-state index contributed by atoms with van der Waals surface area (Å²) in [6, 6.07) is 4.70. The molecule has 1 saturated heterocycles. The molecule has 2 aliphatic rings. The molecule has 1 N–H and O–H groups in total. The minimum Gasteiger partial charge on any atom is -0.468 e. The van der Waals surface area contributed by atoms with Crippen molar-refractivity contribution >= 4 is 17.3 Å². The number of nitrogens with zero attached hydrogens (tertiary/aromatic N) is 1. The van der Waals surface area contributed by atoms with Crippen LogP contribution in [0, 0.1) is 11.7 Å². The van der Waals surface area contributed by atoms with E-state index in [0.717, 1.165) is 24.3 Å². The normalized spacial score (nSPS) is 27.9. The maximum absolute atomic E-state index is 13.4. The number of thiocarbonyl (C=S) groups is 1. The molecule has 0 aliphatic carbocycles. The second kappa shape index (κ2) is 4.58. The summed E-state index contributed by atoms with van der Waals surface area (Å²) < 4.78 is 19.6. The topological polar surface area (TPSA) is 24.5 Å². The highest BCUT2D eigenvalue weighted by Gasteiger charge is 2.47. The van der Waals surface area contributed by atoms with E-state index in [1.165, 1.54) is 12.1 Å². The molecular formula is C15H19FN2OS. The van der Waals surface area contributed by atoms with Crippen LogP contribution in [0.15, 0.2) is 18.2 Å². The van der Waals surface area contributed by atoms with Gasteiger partial charge in [0.15, 0.2) is 10.8 Å². The van der Waals surface area contributed by atoms with E-state index in [4.69, 9.17) is 17.0 Å². The second-order valence-corrected chi connectivity index (χ2v) is 6.56. The summed E-state index contributed by atoms with van der Waals surface area (Å²) in [4.78, 5) is 2.11. The minimum absolute atomic E-state index is 0.0235. The van der Waals surface area contributed by atoms with Crippen molar-refractivity contribution in [3.05, 3.63) is 29.6 Å². The van der Waals surface area contributed by atoms with Crippen LogP contribution in [0.2, 0.25) is 0 Å². The van der Waals surface area contributed by atoms with Gasteiger partial charge in [0.2, 0.25) is 0 Å². The van der Waals surface area contributed by atoms with Crippen LogP contribution in [0.1, 0.15) is 38.8 Å². The summed E-state index contributed by atoms with van der Waals surface area (Å²) in [5.41, 5.74) is 0.399. The maximum atomic E-state index is 13.4. The fourth-order valence-corrected chi connectivity index (χ4v) is 3.44. The van der Waals surface area contributed by atoms with Crippen molar-refractivity contribution < 1.29 is 9.13 Å². The van der Waals surface area contributed by atoms with Crippen molar-refractivity contribution in [2.24, 2.45) is 5.92 Å². The predicted molar refractivity (Wildman–Crippen MR) is 80.1 cm³/mol. The fourth-order valence-electron chi connectivity index (χ4n) is 3.03. The standard InChI is InChI=1S/C15H19FN2OS/c1-9(2)8-18-14(20)17-12-7-15(18,3)19-13-5-4-10(16)6-11(12)13/h4-6,9,12H,7-8H2,1-3H3,(H,17,20). The largest absolute Gasteiger partial charge is 0.468 e. The molecule has 1 aromatic carbocycles. The Kier molecular flexibility index (Phi) is 3.12.